The molecule has 1 heterocycles. The van der Waals surface area contributed by atoms with Crippen molar-refractivity contribution in [3.05, 3.63) is 63.7 Å². The van der Waals surface area contributed by atoms with Gasteiger partial charge in [-0.1, -0.05) is 43.6 Å². The summed E-state index contributed by atoms with van der Waals surface area (Å²) in [6, 6.07) is 7.27. The van der Waals surface area contributed by atoms with E-state index in [-0.39, 0.29) is 35.7 Å². The van der Waals surface area contributed by atoms with E-state index in [4.69, 9.17) is 23.1 Å². The van der Waals surface area contributed by atoms with Gasteiger partial charge in [-0.25, -0.2) is 0 Å². The summed E-state index contributed by atoms with van der Waals surface area (Å²) in [5.74, 6) is -2.13. The molecular formula is C22H23ClF3N3O3. The quantitative estimate of drug-likeness (QED) is 0.600. The van der Waals surface area contributed by atoms with Gasteiger partial charge in [-0.05, 0) is 31.0 Å². The van der Waals surface area contributed by atoms with Gasteiger partial charge >= 0.3 is 6.18 Å². The number of carbonyl (C=O) groups excluding carboxylic acids is 2. The highest BCUT2D eigenvalue weighted by molar-refractivity contribution is 6.32. The van der Waals surface area contributed by atoms with Crippen LogP contribution in [-0.2, 0) is 16.6 Å². The van der Waals surface area contributed by atoms with E-state index < -0.39 is 45.8 Å². The third-order valence-corrected chi connectivity index (χ3v) is 6.59. The number of rotatable bonds is 6. The first-order chi connectivity index (χ1) is 14.9. The Balaban J connectivity index is 2.54. The first kappa shape index (κ1) is 24.0. The second-order valence-electron chi connectivity index (χ2n) is 7.75. The molecule has 3 rings (SSSR count). The molecule has 0 radical (unpaired) electrons. The van der Waals surface area contributed by atoms with E-state index in [1.165, 1.54) is 24.3 Å². The number of primary amides is 1. The Hall–Kier alpha value is -2.62. The number of carbonyl (C=O) groups is 2. The number of fused-ring (bicyclic) bond motifs is 1. The maximum absolute atomic E-state index is 14.2. The molecule has 10 heteroatoms. The summed E-state index contributed by atoms with van der Waals surface area (Å²) in [4.78, 5) is 26.7. The first-order valence-corrected chi connectivity index (χ1v) is 10.3. The van der Waals surface area contributed by atoms with Crippen LogP contribution in [0, 0.1) is 0 Å². The number of hydrogen-bond acceptors (Lipinski definition) is 4. The summed E-state index contributed by atoms with van der Waals surface area (Å²) in [6.07, 6.45) is -4.44. The molecule has 2 amide bonds. The van der Waals surface area contributed by atoms with Crippen LogP contribution in [0.25, 0.3) is 0 Å². The minimum absolute atomic E-state index is 0.0883. The van der Waals surface area contributed by atoms with Crippen molar-refractivity contribution in [2.75, 3.05) is 11.4 Å². The topological polar surface area (TPSA) is 110 Å². The van der Waals surface area contributed by atoms with Crippen LogP contribution in [0.3, 0.4) is 0 Å². The van der Waals surface area contributed by atoms with Crippen molar-refractivity contribution < 1.29 is 27.9 Å². The molecule has 0 bridgehead atoms. The first-order valence-electron chi connectivity index (χ1n) is 9.96. The highest BCUT2D eigenvalue weighted by atomic mass is 35.5. The van der Waals surface area contributed by atoms with Gasteiger partial charge in [0, 0.05) is 28.3 Å². The van der Waals surface area contributed by atoms with Crippen LogP contribution in [0.2, 0.25) is 5.02 Å². The van der Waals surface area contributed by atoms with Crippen LogP contribution in [-0.4, -0.2) is 29.0 Å². The molecule has 0 spiro atoms. The van der Waals surface area contributed by atoms with Crippen LogP contribution >= 0.6 is 11.6 Å². The number of nitrogens with two attached hydrogens (primary N) is 2. The SMILES string of the molecule is CCC(CC)(CN)N1C(=O)C(O)(c2ccccc2Cl)c2c1cc(C(N)=O)cc2C(F)(F)F. The molecule has 1 aliphatic heterocycles. The summed E-state index contributed by atoms with van der Waals surface area (Å²) < 4.78 is 42.6. The van der Waals surface area contributed by atoms with Gasteiger partial charge in [-0.3, -0.25) is 9.59 Å². The van der Waals surface area contributed by atoms with Crippen LogP contribution < -0.4 is 16.4 Å². The normalized spacial score (nSPS) is 18.8. The predicted molar refractivity (Wildman–Crippen MR) is 114 cm³/mol. The second-order valence-corrected chi connectivity index (χ2v) is 8.15. The lowest BCUT2D eigenvalue weighted by Crippen LogP contribution is -2.57. The molecule has 0 aromatic heterocycles. The molecule has 32 heavy (non-hydrogen) atoms. The average molecular weight is 470 g/mol. The molecule has 5 N–H and O–H groups in total. The number of aliphatic hydroxyl groups is 1. The zero-order chi connectivity index (χ0) is 24.1. The van der Waals surface area contributed by atoms with E-state index in [0.29, 0.717) is 6.07 Å². The average Bonchev–Trinajstić information content (AvgIpc) is 2.97. The Morgan fingerprint density at radius 3 is 2.25 bits per heavy atom. The van der Waals surface area contributed by atoms with E-state index in [0.717, 1.165) is 11.0 Å². The predicted octanol–water partition coefficient (Wildman–Crippen LogP) is 3.56. The Labute approximate surface area is 187 Å². The molecule has 2 aromatic carbocycles. The monoisotopic (exact) mass is 469 g/mol. The summed E-state index contributed by atoms with van der Waals surface area (Å²) in [5.41, 5.74) is 4.45. The number of hydrogen-bond donors (Lipinski definition) is 3. The van der Waals surface area contributed by atoms with Gasteiger partial charge in [-0.2, -0.15) is 13.2 Å². The fraction of sp³-hybridized carbons (Fsp3) is 0.364. The van der Waals surface area contributed by atoms with Gasteiger partial charge in [0.05, 0.1) is 16.8 Å². The number of amides is 2. The third kappa shape index (κ3) is 3.35. The summed E-state index contributed by atoms with van der Waals surface area (Å²) in [7, 11) is 0. The van der Waals surface area contributed by atoms with Crippen LogP contribution in [0.1, 0.15) is 53.7 Å². The summed E-state index contributed by atoms with van der Waals surface area (Å²) >= 11 is 6.23. The Bertz CT molecular complexity index is 1080. The molecule has 0 fully saturated rings. The Morgan fingerprint density at radius 1 is 1.19 bits per heavy atom. The summed E-state index contributed by atoms with van der Waals surface area (Å²) in [5, 5.41) is 11.6. The molecule has 0 saturated heterocycles. The van der Waals surface area contributed by atoms with Crippen molar-refractivity contribution in [2.45, 2.75) is 44.0 Å². The van der Waals surface area contributed by atoms with Gasteiger partial charge < -0.3 is 21.5 Å². The fourth-order valence-electron chi connectivity index (χ4n) is 4.35. The van der Waals surface area contributed by atoms with Crippen molar-refractivity contribution in [3.8, 4) is 0 Å². The third-order valence-electron chi connectivity index (χ3n) is 6.26. The van der Waals surface area contributed by atoms with Gasteiger partial charge in [0.2, 0.25) is 5.91 Å². The van der Waals surface area contributed by atoms with Crippen molar-refractivity contribution in [2.24, 2.45) is 11.5 Å². The minimum Gasteiger partial charge on any atom is -0.372 e. The maximum atomic E-state index is 14.2. The molecule has 1 atom stereocenters. The van der Waals surface area contributed by atoms with Gasteiger partial charge in [0.1, 0.15) is 0 Å². The van der Waals surface area contributed by atoms with Crippen LogP contribution in [0.5, 0.6) is 0 Å². The number of halogens is 4. The fourth-order valence-corrected chi connectivity index (χ4v) is 4.62. The standard InChI is InChI=1S/C22H23ClF3N3O3/c1-3-20(4-2,11-27)29-16-10-12(18(28)30)9-14(22(24,25)26)17(16)21(32,19(29)31)13-7-5-6-8-15(13)23/h5-10,32H,3-4,11,27H2,1-2H3,(H2,28,30). The van der Waals surface area contributed by atoms with E-state index in [1.54, 1.807) is 13.8 Å². The van der Waals surface area contributed by atoms with Gasteiger partial charge in [-0.15, -0.1) is 0 Å². The minimum atomic E-state index is -5.01. The molecule has 1 aliphatic rings. The molecule has 1 unspecified atom stereocenters. The number of nitrogens with zero attached hydrogens (tertiary/aromatic N) is 1. The molecule has 2 aromatic rings. The molecule has 172 valence electrons. The number of anilines is 1. The largest absolute Gasteiger partial charge is 0.416 e. The van der Waals surface area contributed by atoms with Gasteiger partial charge in [0.15, 0.2) is 5.60 Å². The zero-order valence-electron chi connectivity index (χ0n) is 17.5. The number of benzene rings is 2. The maximum Gasteiger partial charge on any atom is 0.416 e. The van der Waals surface area contributed by atoms with Crippen molar-refractivity contribution in [1.82, 2.24) is 0 Å². The lowest BCUT2D eigenvalue weighted by molar-refractivity contribution is -0.142. The molecule has 0 saturated carbocycles. The molecular weight excluding hydrogens is 447 g/mol. The highest BCUT2D eigenvalue weighted by Gasteiger charge is 2.59. The van der Waals surface area contributed by atoms with E-state index in [2.05, 4.69) is 0 Å². The lowest BCUT2D eigenvalue weighted by Gasteiger charge is -2.41. The molecule has 0 aliphatic carbocycles. The second kappa shape index (κ2) is 8.06. The number of alkyl halides is 3. The van der Waals surface area contributed by atoms with Crippen LogP contribution in [0.4, 0.5) is 18.9 Å². The van der Waals surface area contributed by atoms with Crippen molar-refractivity contribution in [3.63, 3.8) is 0 Å². The Morgan fingerprint density at radius 2 is 1.78 bits per heavy atom. The lowest BCUT2D eigenvalue weighted by atomic mass is 9.83. The zero-order valence-corrected chi connectivity index (χ0v) is 18.2. The van der Waals surface area contributed by atoms with Crippen molar-refractivity contribution >= 4 is 29.1 Å². The highest BCUT2D eigenvalue weighted by Crippen LogP contribution is 2.54. The van der Waals surface area contributed by atoms with Gasteiger partial charge in [0.25, 0.3) is 5.91 Å². The van der Waals surface area contributed by atoms with Crippen molar-refractivity contribution in [1.29, 1.82) is 0 Å². The van der Waals surface area contributed by atoms with E-state index in [1.807, 2.05) is 0 Å². The smallest absolute Gasteiger partial charge is 0.372 e. The molecule has 6 nitrogen and oxygen atoms in total. The van der Waals surface area contributed by atoms with E-state index in [9.17, 15) is 27.9 Å². The summed E-state index contributed by atoms with van der Waals surface area (Å²) in [6.45, 7) is 3.38. The van der Waals surface area contributed by atoms with E-state index >= 15 is 0 Å². The van der Waals surface area contributed by atoms with Crippen LogP contribution in [0.15, 0.2) is 36.4 Å². The Kier molecular flexibility index (Phi) is 6.05.